The van der Waals surface area contributed by atoms with Gasteiger partial charge in [-0.1, -0.05) is 6.92 Å². The van der Waals surface area contributed by atoms with E-state index in [1.807, 2.05) is 19.1 Å². The smallest absolute Gasteiger partial charge is 0.178 e. The van der Waals surface area contributed by atoms with E-state index >= 15 is 0 Å². The van der Waals surface area contributed by atoms with Crippen LogP contribution < -0.4 is 5.32 Å². The standard InChI is InChI=1S/C13H19NO2S/c1-2-9-17(15,16)13-7-5-12(6-8-13)14-10-11-3-4-11/h5-8,11,14H,2-4,9-10H2,1H3. The normalized spacial score (nSPS) is 15.8. The maximum absolute atomic E-state index is 11.8. The summed E-state index contributed by atoms with van der Waals surface area (Å²) in [5, 5.41) is 3.32. The number of sulfone groups is 1. The topological polar surface area (TPSA) is 46.2 Å². The summed E-state index contributed by atoms with van der Waals surface area (Å²) >= 11 is 0. The molecule has 0 radical (unpaired) electrons. The summed E-state index contributed by atoms with van der Waals surface area (Å²) in [5.74, 6) is 1.04. The molecule has 0 aliphatic heterocycles. The SMILES string of the molecule is CCCS(=O)(=O)c1ccc(NCC2CC2)cc1. The summed E-state index contributed by atoms with van der Waals surface area (Å²) in [5.41, 5.74) is 1.01. The maximum atomic E-state index is 11.8. The highest BCUT2D eigenvalue weighted by Gasteiger charge is 2.20. The summed E-state index contributed by atoms with van der Waals surface area (Å²) < 4.78 is 23.6. The van der Waals surface area contributed by atoms with Crippen LogP contribution in [0.5, 0.6) is 0 Å². The molecule has 1 fully saturated rings. The van der Waals surface area contributed by atoms with Crippen molar-refractivity contribution in [2.45, 2.75) is 31.1 Å². The van der Waals surface area contributed by atoms with Crippen LogP contribution in [0.1, 0.15) is 26.2 Å². The number of nitrogens with one attached hydrogen (secondary N) is 1. The third kappa shape index (κ3) is 3.46. The van der Waals surface area contributed by atoms with Crippen molar-refractivity contribution >= 4 is 15.5 Å². The molecule has 0 unspecified atom stereocenters. The quantitative estimate of drug-likeness (QED) is 0.848. The minimum atomic E-state index is -3.07. The molecule has 4 heteroatoms. The second kappa shape index (κ2) is 5.08. The van der Waals surface area contributed by atoms with Gasteiger partial charge in [-0.3, -0.25) is 0 Å². The molecule has 1 N–H and O–H groups in total. The second-order valence-electron chi connectivity index (χ2n) is 4.67. The van der Waals surface area contributed by atoms with Crippen molar-refractivity contribution in [2.75, 3.05) is 17.6 Å². The van der Waals surface area contributed by atoms with Crippen LogP contribution in [0.2, 0.25) is 0 Å². The Bertz CT molecular complexity index is 461. The van der Waals surface area contributed by atoms with E-state index in [1.54, 1.807) is 12.1 Å². The number of hydrogen-bond acceptors (Lipinski definition) is 3. The van der Waals surface area contributed by atoms with E-state index in [4.69, 9.17) is 0 Å². The highest BCUT2D eigenvalue weighted by atomic mass is 32.2. The Hall–Kier alpha value is -1.03. The van der Waals surface area contributed by atoms with E-state index in [9.17, 15) is 8.42 Å². The van der Waals surface area contributed by atoms with Gasteiger partial charge in [0.15, 0.2) is 9.84 Å². The van der Waals surface area contributed by atoms with Gasteiger partial charge in [-0.05, 0) is 49.4 Å². The maximum Gasteiger partial charge on any atom is 0.178 e. The van der Waals surface area contributed by atoms with Gasteiger partial charge >= 0.3 is 0 Å². The minimum Gasteiger partial charge on any atom is -0.385 e. The zero-order valence-corrected chi connectivity index (χ0v) is 11.0. The van der Waals surface area contributed by atoms with E-state index in [0.717, 1.165) is 18.2 Å². The van der Waals surface area contributed by atoms with Gasteiger partial charge < -0.3 is 5.32 Å². The van der Waals surface area contributed by atoms with Crippen LogP contribution in [-0.4, -0.2) is 20.7 Å². The first-order valence-corrected chi connectivity index (χ1v) is 7.84. The molecule has 1 aromatic rings. The van der Waals surface area contributed by atoms with Crippen LogP contribution >= 0.6 is 0 Å². The van der Waals surface area contributed by atoms with Crippen LogP contribution in [-0.2, 0) is 9.84 Å². The largest absolute Gasteiger partial charge is 0.385 e. The van der Waals surface area contributed by atoms with Gasteiger partial charge in [-0.2, -0.15) is 0 Å². The monoisotopic (exact) mass is 253 g/mol. The summed E-state index contributed by atoms with van der Waals surface area (Å²) in [6.07, 6.45) is 3.29. The number of anilines is 1. The number of rotatable bonds is 6. The molecule has 1 aliphatic rings. The van der Waals surface area contributed by atoms with Crippen molar-refractivity contribution in [1.82, 2.24) is 0 Å². The zero-order valence-electron chi connectivity index (χ0n) is 10.1. The van der Waals surface area contributed by atoms with Gasteiger partial charge in [0.2, 0.25) is 0 Å². The molecule has 1 aliphatic carbocycles. The highest BCUT2D eigenvalue weighted by molar-refractivity contribution is 7.91. The Morgan fingerprint density at radius 1 is 1.24 bits per heavy atom. The molecule has 2 rings (SSSR count). The lowest BCUT2D eigenvalue weighted by Crippen LogP contribution is -2.07. The van der Waals surface area contributed by atoms with E-state index < -0.39 is 9.84 Å². The molecule has 0 heterocycles. The molecule has 0 aromatic heterocycles. The average Bonchev–Trinajstić information content (AvgIpc) is 3.11. The van der Waals surface area contributed by atoms with Gasteiger partial charge in [0.25, 0.3) is 0 Å². The molecule has 1 saturated carbocycles. The first kappa shape index (κ1) is 12.4. The number of benzene rings is 1. The molecule has 17 heavy (non-hydrogen) atoms. The Labute approximate surface area is 103 Å². The Morgan fingerprint density at radius 3 is 2.41 bits per heavy atom. The Morgan fingerprint density at radius 2 is 1.88 bits per heavy atom. The third-order valence-electron chi connectivity index (χ3n) is 2.98. The van der Waals surface area contributed by atoms with Gasteiger partial charge in [-0.25, -0.2) is 8.42 Å². The van der Waals surface area contributed by atoms with Crippen molar-refractivity contribution in [3.8, 4) is 0 Å². The fraction of sp³-hybridized carbons (Fsp3) is 0.538. The molecule has 0 bridgehead atoms. The fourth-order valence-electron chi connectivity index (χ4n) is 1.75. The van der Waals surface area contributed by atoms with Crippen molar-refractivity contribution in [1.29, 1.82) is 0 Å². The lowest BCUT2D eigenvalue weighted by atomic mass is 10.3. The van der Waals surface area contributed by atoms with Gasteiger partial charge in [0.1, 0.15) is 0 Å². The van der Waals surface area contributed by atoms with E-state index in [2.05, 4.69) is 5.32 Å². The number of hydrogen-bond donors (Lipinski definition) is 1. The van der Waals surface area contributed by atoms with Crippen LogP contribution in [0.15, 0.2) is 29.2 Å². The first-order valence-electron chi connectivity index (χ1n) is 6.18. The zero-order chi connectivity index (χ0) is 12.3. The molecular formula is C13H19NO2S. The van der Waals surface area contributed by atoms with Crippen molar-refractivity contribution in [2.24, 2.45) is 5.92 Å². The van der Waals surface area contributed by atoms with Crippen LogP contribution in [0, 0.1) is 5.92 Å². The van der Waals surface area contributed by atoms with E-state index in [-0.39, 0.29) is 5.75 Å². The lowest BCUT2D eigenvalue weighted by molar-refractivity contribution is 0.595. The molecule has 1 aromatic carbocycles. The lowest BCUT2D eigenvalue weighted by Gasteiger charge is -2.07. The third-order valence-corrected chi connectivity index (χ3v) is 4.91. The van der Waals surface area contributed by atoms with Crippen molar-refractivity contribution < 1.29 is 8.42 Å². The molecule has 0 atom stereocenters. The minimum absolute atomic E-state index is 0.224. The van der Waals surface area contributed by atoms with Gasteiger partial charge in [0, 0.05) is 12.2 Å². The molecule has 0 spiro atoms. The Balaban J connectivity index is 2.01. The summed E-state index contributed by atoms with van der Waals surface area (Å²) in [6, 6.07) is 7.09. The Kier molecular flexibility index (Phi) is 3.72. The predicted molar refractivity (Wildman–Crippen MR) is 70.0 cm³/mol. The fourth-order valence-corrected chi connectivity index (χ4v) is 3.07. The molecular weight excluding hydrogens is 234 g/mol. The first-order chi connectivity index (χ1) is 8.12. The van der Waals surface area contributed by atoms with Crippen LogP contribution in [0.25, 0.3) is 0 Å². The predicted octanol–water partition coefficient (Wildman–Crippen LogP) is 2.69. The van der Waals surface area contributed by atoms with Crippen molar-refractivity contribution in [3.63, 3.8) is 0 Å². The average molecular weight is 253 g/mol. The van der Waals surface area contributed by atoms with Gasteiger partial charge in [0.05, 0.1) is 10.6 Å². The highest BCUT2D eigenvalue weighted by Crippen LogP contribution is 2.29. The molecule has 94 valence electrons. The molecule has 0 saturated heterocycles. The second-order valence-corrected chi connectivity index (χ2v) is 6.78. The van der Waals surface area contributed by atoms with E-state index in [1.165, 1.54) is 12.8 Å². The van der Waals surface area contributed by atoms with Crippen LogP contribution in [0.4, 0.5) is 5.69 Å². The summed E-state index contributed by atoms with van der Waals surface area (Å²) in [6.45, 7) is 2.88. The van der Waals surface area contributed by atoms with Crippen molar-refractivity contribution in [3.05, 3.63) is 24.3 Å². The van der Waals surface area contributed by atoms with E-state index in [0.29, 0.717) is 11.3 Å². The van der Waals surface area contributed by atoms with Gasteiger partial charge in [-0.15, -0.1) is 0 Å². The summed E-state index contributed by atoms with van der Waals surface area (Å²) in [7, 11) is -3.07. The molecule has 0 amide bonds. The molecule has 3 nitrogen and oxygen atoms in total. The van der Waals surface area contributed by atoms with Crippen LogP contribution in [0.3, 0.4) is 0 Å². The summed E-state index contributed by atoms with van der Waals surface area (Å²) in [4.78, 5) is 0.427.